The van der Waals surface area contributed by atoms with Crippen molar-refractivity contribution in [1.82, 2.24) is 10.3 Å². The van der Waals surface area contributed by atoms with Gasteiger partial charge in [0.25, 0.3) is 0 Å². The molecule has 0 amide bonds. The second-order valence-electron chi connectivity index (χ2n) is 6.73. The average Bonchev–Trinajstić information content (AvgIpc) is 3.10. The van der Waals surface area contributed by atoms with Gasteiger partial charge in [-0.05, 0) is 24.3 Å². The van der Waals surface area contributed by atoms with Crippen molar-refractivity contribution >= 4 is 16.5 Å². The minimum absolute atomic E-state index is 0.214. The maximum absolute atomic E-state index is 8.90. The number of nitrogens with one attached hydrogen (secondary N) is 1. The second-order valence-corrected chi connectivity index (χ2v) is 7.57. The highest BCUT2D eigenvalue weighted by atomic mass is 32.1. The molecule has 1 saturated heterocycles. The van der Waals surface area contributed by atoms with E-state index in [9.17, 15) is 0 Å². The fraction of sp³-hybridized carbons (Fsp3) is 0.526. The zero-order valence-corrected chi connectivity index (χ0v) is 15.4. The standard InChI is InChI=1S/C19H27N3OS/c1-14(2)15-3-5-16(6-4-15)18-13-24-19(21-18)22-10-7-17(8-11-22)20-9-12-23/h3-6,13-14,17,20,23H,7-12H2,1-2H3. The van der Waals surface area contributed by atoms with Crippen LogP contribution in [0.5, 0.6) is 0 Å². The summed E-state index contributed by atoms with van der Waals surface area (Å²) in [4.78, 5) is 7.23. The van der Waals surface area contributed by atoms with Crippen LogP contribution in [0, 0.1) is 0 Å². The van der Waals surface area contributed by atoms with Gasteiger partial charge in [-0.3, -0.25) is 0 Å². The van der Waals surface area contributed by atoms with Crippen molar-refractivity contribution in [2.45, 2.75) is 38.6 Å². The molecule has 0 radical (unpaired) electrons. The normalized spacial score (nSPS) is 16.1. The summed E-state index contributed by atoms with van der Waals surface area (Å²) < 4.78 is 0. The molecule has 0 bridgehead atoms. The molecule has 24 heavy (non-hydrogen) atoms. The van der Waals surface area contributed by atoms with Crippen LogP contribution in [0.25, 0.3) is 11.3 Å². The molecule has 1 aliphatic heterocycles. The van der Waals surface area contributed by atoms with Gasteiger partial charge in [0.1, 0.15) is 0 Å². The number of anilines is 1. The van der Waals surface area contributed by atoms with E-state index in [-0.39, 0.29) is 6.61 Å². The Hall–Kier alpha value is -1.43. The molecule has 1 fully saturated rings. The third-order valence-corrected chi connectivity index (χ3v) is 5.58. The molecule has 0 saturated carbocycles. The quantitative estimate of drug-likeness (QED) is 0.841. The molecule has 2 N–H and O–H groups in total. The highest BCUT2D eigenvalue weighted by Gasteiger charge is 2.21. The van der Waals surface area contributed by atoms with E-state index in [1.807, 2.05) is 0 Å². The van der Waals surface area contributed by atoms with Crippen LogP contribution in [0.3, 0.4) is 0 Å². The smallest absolute Gasteiger partial charge is 0.185 e. The first-order chi connectivity index (χ1) is 11.7. The van der Waals surface area contributed by atoms with Gasteiger partial charge in [-0.15, -0.1) is 11.3 Å². The Morgan fingerprint density at radius 1 is 1.25 bits per heavy atom. The van der Waals surface area contributed by atoms with Gasteiger partial charge in [0.15, 0.2) is 5.13 Å². The lowest BCUT2D eigenvalue weighted by atomic mass is 10.0. The molecular weight excluding hydrogens is 318 g/mol. The van der Waals surface area contributed by atoms with E-state index in [1.165, 1.54) is 11.1 Å². The number of benzene rings is 1. The van der Waals surface area contributed by atoms with Crippen molar-refractivity contribution in [2.75, 3.05) is 31.1 Å². The zero-order valence-electron chi connectivity index (χ0n) is 14.5. The molecule has 5 heteroatoms. The lowest BCUT2D eigenvalue weighted by molar-refractivity contribution is 0.277. The lowest BCUT2D eigenvalue weighted by Gasteiger charge is -2.32. The largest absolute Gasteiger partial charge is 0.395 e. The number of aliphatic hydroxyl groups excluding tert-OH is 1. The average molecular weight is 346 g/mol. The third-order valence-electron chi connectivity index (χ3n) is 4.68. The number of aromatic nitrogens is 1. The van der Waals surface area contributed by atoms with Gasteiger partial charge in [0.2, 0.25) is 0 Å². The maximum atomic E-state index is 8.90. The van der Waals surface area contributed by atoms with E-state index in [2.05, 4.69) is 53.7 Å². The summed E-state index contributed by atoms with van der Waals surface area (Å²) in [7, 11) is 0. The van der Waals surface area contributed by atoms with E-state index in [4.69, 9.17) is 10.1 Å². The molecule has 2 aromatic rings. The first kappa shape index (κ1) is 17.4. The highest BCUT2D eigenvalue weighted by molar-refractivity contribution is 7.14. The van der Waals surface area contributed by atoms with Gasteiger partial charge in [0, 0.05) is 36.6 Å². The molecule has 0 spiro atoms. The first-order valence-corrected chi connectivity index (χ1v) is 9.70. The van der Waals surface area contributed by atoms with Crippen molar-refractivity contribution < 1.29 is 5.11 Å². The van der Waals surface area contributed by atoms with Crippen molar-refractivity contribution in [3.05, 3.63) is 35.2 Å². The van der Waals surface area contributed by atoms with Crippen molar-refractivity contribution in [1.29, 1.82) is 0 Å². The fourth-order valence-corrected chi connectivity index (χ4v) is 4.01. The Bertz CT molecular complexity index is 630. The predicted octanol–water partition coefficient (Wildman–Crippen LogP) is 3.48. The predicted molar refractivity (Wildman–Crippen MR) is 102 cm³/mol. The Labute approximate surface area is 148 Å². The molecule has 3 rings (SSSR count). The Morgan fingerprint density at radius 2 is 1.96 bits per heavy atom. The number of aliphatic hydroxyl groups is 1. The molecule has 4 nitrogen and oxygen atoms in total. The molecule has 1 aliphatic rings. The molecule has 1 aromatic heterocycles. The van der Waals surface area contributed by atoms with Crippen LogP contribution in [-0.4, -0.2) is 42.4 Å². The molecule has 2 heterocycles. The van der Waals surface area contributed by atoms with Crippen LogP contribution in [0.15, 0.2) is 29.6 Å². The van der Waals surface area contributed by atoms with E-state index >= 15 is 0 Å². The molecule has 0 aliphatic carbocycles. The minimum atomic E-state index is 0.214. The van der Waals surface area contributed by atoms with Crippen LogP contribution in [0.2, 0.25) is 0 Å². The summed E-state index contributed by atoms with van der Waals surface area (Å²) in [6.45, 7) is 7.40. The third kappa shape index (κ3) is 4.15. The number of nitrogens with zero attached hydrogens (tertiary/aromatic N) is 2. The molecule has 0 unspecified atom stereocenters. The summed E-state index contributed by atoms with van der Waals surface area (Å²) >= 11 is 1.73. The first-order valence-electron chi connectivity index (χ1n) is 8.82. The van der Waals surface area contributed by atoms with E-state index < -0.39 is 0 Å². The van der Waals surface area contributed by atoms with Crippen LogP contribution in [0.1, 0.15) is 38.2 Å². The minimum Gasteiger partial charge on any atom is -0.395 e. The van der Waals surface area contributed by atoms with Crippen LogP contribution >= 0.6 is 11.3 Å². The van der Waals surface area contributed by atoms with Gasteiger partial charge >= 0.3 is 0 Å². The van der Waals surface area contributed by atoms with E-state index in [0.29, 0.717) is 18.5 Å². The zero-order chi connectivity index (χ0) is 16.9. The monoisotopic (exact) mass is 345 g/mol. The van der Waals surface area contributed by atoms with Crippen molar-refractivity contribution in [3.63, 3.8) is 0 Å². The number of hydrogen-bond donors (Lipinski definition) is 2. The summed E-state index contributed by atoms with van der Waals surface area (Å²) in [5.74, 6) is 0.561. The molecule has 1 aromatic carbocycles. The Balaban J connectivity index is 1.61. The molecule has 0 atom stereocenters. The number of thiazole rings is 1. The second kappa shape index (κ2) is 8.10. The summed E-state index contributed by atoms with van der Waals surface area (Å²) in [5, 5.41) is 15.6. The van der Waals surface area contributed by atoms with Crippen molar-refractivity contribution in [3.8, 4) is 11.3 Å². The summed E-state index contributed by atoms with van der Waals surface area (Å²) in [6, 6.07) is 9.30. The van der Waals surface area contributed by atoms with E-state index in [1.54, 1.807) is 11.3 Å². The van der Waals surface area contributed by atoms with Gasteiger partial charge in [-0.1, -0.05) is 38.1 Å². The maximum Gasteiger partial charge on any atom is 0.185 e. The van der Waals surface area contributed by atoms with Gasteiger partial charge in [-0.2, -0.15) is 0 Å². The van der Waals surface area contributed by atoms with Gasteiger partial charge in [0.05, 0.1) is 12.3 Å². The summed E-state index contributed by atoms with van der Waals surface area (Å²) in [6.07, 6.45) is 2.22. The topological polar surface area (TPSA) is 48.4 Å². The van der Waals surface area contributed by atoms with Crippen LogP contribution < -0.4 is 10.2 Å². The number of hydrogen-bond acceptors (Lipinski definition) is 5. The van der Waals surface area contributed by atoms with Crippen molar-refractivity contribution in [2.24, 2.45) is 0 Å². The number of rotatable bonds is 6. The van der Waals surface area contributed by atoms with Gasteiger partial charge < -0.3 is 15.3 Å². The van der Waals surface area contributed by atoms with Crippen LogP contribution in [-0.2, 0) is 0 Å². The lowest BCUT2D eigenvalue weighted by Crippen LogP contribution is -2.43. The highest BCUT2D eigenvalue weighted by Crippen LogP contribution is 2.30. The SMILES string of the molecule is CC(C)c1ccc(-c2csc(N3CCC(NCCO)CC3)n2)cc1. The number of piperidine rings is 1. The van der Waals surface area contributed by atoms with Crippen LogP contribution in [0.4, 0.5) is 5.13 Å². The van der Waals surface area contributed by atoms with E-state index in [0.717, 1.165) is 36.8 Å². The molecular formula is C19H27N3OS. The Kier molecular flexibility index (Phi) is 5.87. The Morgan fingerprint density at radius 3 is 2.58 bits per heavy atom. The fourth-order valence-electron chi connectivity index (χ4n) is 3.12. The van der Waals surface area contributed by atoms with Gasteiger partial charge in [-0.25, -0.2) is 4.98 Å². The molecule has 130 valence electrons. The summed E-state index contributed by atoms with van der Waals surface area (Å²) in [5.41, 5.74) is 3.64.